The number of benzene rings is 2. The fourth-order valence-electron chi connectivity index (χ4n) is 13.1. The SMILES string of the molecule is Cc1ncc(F)c2c1CC(NCCCC1CN(c3cnc4c(n3)NC(=O)CO4)C(=O)O1)C2.N#Cc1cccc2c1CC(NCC(O)CC1CN(c3cnc4c(n3)NC(=O)CO4)C(=O)O1)C2.N#Cc1cccc2c1CC(NCCCC1CN(c3cnc4c(n3)NC(=O)CO4)C(=O)O1)C2. The van der Waals surface area contributed by atoms with Crippen LogP contribution in [0.15, 0.2) is 61.2 Å². The van der Waals surface area contributed by atoms with Gasteiger partial charge in [0.05, 0.1) is 73.8 Å². The lowest BCUT2D eigenvalue weighted by atomic mass is 10.0. The van der Waals surface area contributed by atoms with Gasteiger partial charge in [-0.3, -0.25) is 34.1 Å². The minimum absolute atomic E-state index is 0.102. The molecule has 10 heterocycles. The van der Waals surface area contributed by atoms with Crippen molar-refractivity contribution in [3.63, 3.8) is 0 Å². The number of cyclic esters (lactones) is 3. The minimum atomic E-state index is -0.718. The number of fused-ring (bicyclic) bond motifs is 6. The lowest BCUT2D eigenvalue weighted by Gasteiger charge is -2.19. The fourth-order valence-corrected chi connectivity index (χ4v) is 13.1. The summed E-state index contributed by atoms with van der Waals surface area (Å²) in [6, 6.07) is 16.8. The highest BCUT2D eigenvalue weighted by Gasteiger charge is 2.39. The summed E-state index contributed by atoms with van der Waals surface area (Å²) in [5.41, 5.74) is 8.76. The molecule has 502 valence electrons. The number of nitrogens with zero attached hydrogens (tertiary/aromatic N) is 12. The number of nitrogens with one attached hydrogen (secondary N) is 6. The van der Waals surface area contributed by atoms with Crippen molar-refractivity contribution < 1.29 is 66.7 Å². The molecular formula is C65H67FN18O13. The van der Waals surface area contributed by atoms with Crippen LogP contribution < -0.4 is 60.8 Å². The molecule has 7 unspecified atom stereocenters. The predicted molar refractivity (Wildman–Crippen MR) is 339 cm³/mol. The van der Waals surface area contributed by atoms with Gasteiger partial charge >= 0.3 is 18.3 Å². The molecule has 0 radical (unpaired) electrons. The smallest absolute Gasteiger partial charge is 0.415 e. The number of aliphatic hydroxyl groups is 1. The van der Waals surface area contributed by atoms with Gasteiger partial charge in [0.15, 0.2) is 54.7 Å². The second kappa shape index (κ2) is 28.7. The number of carbonyl (C=O) groups is 6. The monoisotopic (exact) mass is 1330 g/mol. The summed E-state index contributed by atoms with van der Waals surface area (Å²) in [5.74, 6) is 0.846. The molecule has 97 heavy (non-hydrogen) atoms. The summed E-state index contributed by atoms with van der Waals surface area (Å²) < 4.78 is 45.9. The molecule has 6 aliphatic heterocycles. The standard InChI is InChI=1S/C22H22N6O5.C22H22N6O4.C21H23FN6O4/c23-7-13-3-1-2-12-4-14(5-17(12)13)24-8-15(29)6-16-10-28(22(31)33-16)18-9-25-21-20(26-18)27-19(30)11-32-21;23-9-14-4-1-3-13-7-15(8-17(13)14)24-6-2-5-16-11-28(22(30)32-16)18-10-25-21-20(26-18)27-19(29)12-31-21;1-11-14-5-12(6-15(14)16(22)7-24-11)23-4-2-3-13-9-28(21(30)32-13)17-8-25-20-19(26-17)27-18(29)10-31-20/h1-3,9,14-16,24,29H,4-6,8,10-11H2,(H,26,27,30);1,3-4,10,15-16,24H,2,5-8,11-12H2,(H,26,27,29);7-8,12-13,23H,2-6,9-10H2,1H3,(H,26,27,29). The third-order valence-corrected chi connectivity index (χ3v) is 17.9. The van der Waals surface area contributed by atoms with Crippen molar-refractivity contribution in [2.75, 3.05) is 89.7 Å². The average Bonchev–Trinajstić information content (AvgIpc) is 1.83. The Bertz CT molecular complexity index is 4140. The number of rotatable bonds is 18. The molecule has 4 aromatic heterocycles. The molecule has 9 aliphatic rings. The number of nitriles is 2. The van der Waals surface area contributed by atoms with Crippen LogP contribution in [0.5, 0.6) is 17.6 Å². The molecule has 0 saturated carbocycles. The Balaban J connectivity index is 0.000000131. The van der Waals surface area contributed by atoms with E-state index in [9.17, 15) is 48.8 Å². The molecule has 32 heteroatoms. The van der Waals surface area contributed by atoms with Crippen LogP contribution in [0.25, 0.3) is 0 Å². The average molecular weight is 1330 g/mol. The van der Waals surface area contributed by atoms with Crippen molar-refractivity contribution in [3.05, 3.63) is 117 Å². The number of aliphatic hydroxyl groups excluding tert-OH is 1. The van der Waals surface area contributed by atoms with Gasteiger partial charge in [0.2, 0.25) is 0 Å². The summed E-state index contributed by atoms with van der Waals surface area (Å²) in [4.78, 5) is 105. The van der Waals surface area contributed by atoms with E-state index in [1.54, 1.807) is 0 Å². The Morgan fingerprint density at radius 1 is 0.557 bits per heavy atom. The highest BCUT2D eigenvalue weighted by molar-refractivity contribution is 5.97. The van der Waals surface area contributed by atoms with Gasteiger partial charge in [-0.05, 0) is 130 Å². The fraction of sp³-hybridized carbons (Fsp3) is 0.431. The highest BCUT2D eigenvalue weighted by Crippen LogP contribution is 2.34. The zero-order valence-electron chi connectivity index (χ0n) is 52.5. The molecule has 3 saturated heterocycles. The second-order valence-electron chi connectivity index (χ2n) is 24.6. The summed E-state index contributed by atoms with van der Waals surface area (Å²) in [6.45, 7) is 4.39. The van der Waals surface area contributed by atoms with Crippen molar-refractivity contribution in [3.8, 4) is 29.8 Å². The first-order valence-corrected chi connectivity index (χ1v) is 31.9. The number of ether oxygens (including phenoxy) is 6. The summed E-state index contributed by atoms with van der Waals surface area (Å²) in [5, 5.41) is 47.2. The summed E-state index contributed by atoms with van der Waals surface area (Å²) in [6.07, 6.45) is 10.3. The maximum atomic E-state index is 14.0. The van der Waals surface area contributed by atoms with Crippen LogP contribution in [-0.4, -0.2) is 178 Å². The van der Waals surface area contributed by atoms with E-state index in [0.29, 0.717) is 55.7 Å². The number of halogens is 1. The van der Waals surface area contributed by atoms with Crippen LogP contribution in [0.2, 0.25) is 0 Å². The molecule has 2 aromatic carbocycles. The van der Waals surface area contributed by atoms with Gasteiger partial charge in [-0.25, -0.2) is 48.7 Å². The summed E-state index contributed by atoms with van der Waals surface area (Å²) >= 11 is 0. The van der Waals surface area contributed by atoms with E-state index >= 15 is 0 Å². The topological polar surface area (TPSA) is 398 Å². The molecule has 3 aliphatic carbocycles. The van der Waals surface area contributed by atoms with Gasteiger partial charge in [0.1, 0.15) is 24.1 Å². The van der Waals surface area contributed by atoms with E-state index in [2.05, 4.69) is 85.0 Å². The number of carbonyl (C=O) groups excluding carboxylic acids is 6. The lowest BCUT2D eigenvalue weighted by molar-refractivity contribution is -0.119. The first-order chi connectivity index (χ1) is 47.1. The van der Waals surface area contributed by atoms with Crippen molar-refractivity contribution >= 4 is 70.9 Å². The molecular weight excluding hydrogens is 1260 g/mol. The van der Waals surface area contributed by atoms with Crippen LogP contribution in [0.4, 0.5) is 53.7 Å². The Labute approximate surface area is 553 Å². The zero-order chi connectivity index (χ0) is 67.3. The van der Waals surface area contributed by atoms with E-state index in [4.69, 9.17) is 28.4 Å². The van der Waals surface area contributed by atoms with Gasteiger partial charge in [-0.2, -0.15) is 10.5 Å². The summed E-state index contributed by atoms with van der Waals surface area (Å²) in [7, 11) is 0. The van der Waals surface area contributed by atoms with Gasteiger partial charge in [0, 0.05) is 36.8 Å². The molecule has 7 N–H and O–H groups in total. The lowest BCUT2D eigenvalue weighted by Crippen LogP contribution is -2.38. The highest BCUT2D eigenvalue weighted by atomic mass is 19.1. The molecule has 6 amide bonds. The van der Waals surface area contributed by atoms with Crippen molar-refractivity contribution in [2.24, 2.45) is 0 Å². The largest absolute Gasteiger partial charge is 0.465 e. The van der Waals surface area contributed by atoms with Gasteiger partial charge in [-0.15, -0.1) is 0 Å². The second-order valence-corrected chi connectivity index (χ2v) is 24.6. The van der Waals surface area contributed by atoms with E-state index in [-0.39, 0.29) is 122 Å². The first-order valence-electron chi connectivity index (χ1n) is 31.9. The Morgan fingerprint density at radius 3 is 1.42 bits per heavy atom. The molecule has 15 rings (SSSR count). The molecule has 0 bridgehead atoms. The maximum Gasteiger partial charge on any atom is 0.415 e. The molecule has 0 spiro atoms. The van der Waals surface area contributed by atoms with Crippen molar-refractivity contribution in [2.45, 2.75) is 120 Å². The van der Waals surface area contributed by atoms with Crippen LogP contribution in [0.1, 0.15) is 82.3 Å². The third-order valence-electron chi connectivity index (χ3n) is 17.9. The van der Waals surface area contributed by atoms with Gasteiger partial charge in [-0.1, -0.05) is 24.3 Å². The van der Waals surface area contributed by atoms with Crippen LogP contribution in [0.3, 0.4) is 0 Å². The van der Waals surface area contributed by atoms with Gasteiger partial charge in [0.25, 0.3) is 35.4 Å². The Morgan fingerprint density at radius 2 is 0.969 bits per heavy atom. The molecule has 3 fully saturated rings. The Hall–Kier alpha value is -10.8. The van der Waals surface area contributed by atoms with Crippen molar-refractivity contribution in [1.82, 2.24) is 50.8 Å². The van der Waals surface area contributed by atoms with Crippen molar-refractivity contribution in [1.29, 1.82) is 10.5 Å². The third kappa shape index (κ3) is 14.9. The number of hydrogen-bond acceptors (Lipinski definition) is 25. The molecule has 7 atom stereocenters. The van der Waals surface area contributed by atoms with Crippen LogP contribution in [-0.2, 0) is 67.1 Å². The number of pyridine rings is 1. The molecule has 6 aromatic rings. The number of aryl methyl sites for hydroxylation is 1. The number of anilines is 6. The number of hydrogen-bond donors (Lipinski definition) is 7. The zero-order valence-corrected chi connectivity index (χ0v) is 52.5. The van der Waals surface area contributed by atoms with Gasteiger partial charge < -0.3 is 65.4 Å². The van der Waals surface area contributed by atoms with E-state index < -0.39 is 30.5 Å². The van der Waals surface area contributed by atoms with E-state index in [1.165, 1.54) is 45.1 Å². The number of aromatic nitrogens is 7. The Kier molecular flexibility index (Phi) is 19.2. The van der Waals surface area contributed by atoms with E-state index in [1.807, 2.05) is 37.3 Å². The predicted octanol–water partition coefficient (Wildman–Crippen LogP) is 3.57. The minimum Gasteiger partial charge on any atom is -0.465 e. The molecule has 31 nitrogen and oxygen atoms in total. The maximum absolute atomic E-state index is 14.0. The number of amides is 6. The van der Waals surface area contributed by atoms with E-state index in [0.717, 1.165) is 104 Å². The quantitative estimate of drug-likeness (QED) is 0.0478. The first kappa shape index (κ1) is 64.9. The normalized spacial score (nSPS) is 21.6. The van der Waals surface area contributed by atoms with Crippen LogP contribution >= 0.6 is 0 Å². The van der Waals surface area contributed by atoms with Crippen LogP contribution in [0, 0.1) is 35.4 Å².